The zero-order valence-corrected chi connectivity index (χ0v) is 18.7. The van der Waals surface area contributed by atoms with Gasteiger partial charge in [-0.25, -0.2) is 0 Å². The van der Waals surface area contributed by atoms with Gasteiger partial charge in [-0.3, -0.25) is 0 Å². The SMILES string of the molecule is [Pt]=[C]1N(c2ccccc2)B(c2ccccc2)B(c2ccccc2)N1c1ccccc1. The van der Waals surface area contributed by atoms with E-state index in [1.54, 1.807) is 0 Å². The Kier molecular flexibility index (Phi) is 5.42. The van der Waals surface area contributed by atoms with Gasteiger partial charge >= 0.3 is 190 Å². The summed E-state index contributed by atoms with van der Waals surface area (Å²) in [5.41, 5.74) is 5.03. The molecule has 0 aromatic heterocycles. The Labute approximate surface area is 189 Å². The van der Waals surface area contributed by atoms with Crippen LogP contribution in [0.4, 0.5) is 11.4 Å². The molecule has 0 radical (unpaired) electrons. The molecule has 5 rings (SSSR count). The van der Waals surface area contributed by atoms with Crippen LogP contribution in [-0.4, -0.2) is 17.6 Å². The molecule has 1 heterocycles. The summed E-state index contributed by atoms with van der Waals surface area (Å²) in [5, 5.41) is 0. The molecule has 0 N–H and O–H groups in total. The Balaban J connectivity index is 1.74. The van der Waals surface area contributed by atoms with Crippen molar-refractivity contribution in [2.45, 2.75) is 0 Å². The number of para-hydroxylation sites is 2. The van der Waals surface area contributed by atoms with E-state index >= 15 is 0 Å². The second-order valence-corrected chi connectivity index (χ2v) is 8.38. The average Bonchev–Trinajstić information content (AvgIpc) is 3.14. The molecule has 1 aliphatic heterocycles. The number of hydrogen-bond acceptors (Lipinski definition) is 2. The summed E-state index contributed by atoms with van der Waals surface area (Å²) >= 11 is 2.49. The molecule has 0 aliphatic carbocycles. The van der Waals surface area contributed by atoms with Crippen molar-refractivity contribution in [3.8, 4) is 0 Å². The normalized spacial score (nSPS) is 13.9. The molecule has 146 valence electrons. The van der Waals surface area contributed by atoms with Gasteiger partial charge in [0.1, 0.15) is 0 Å². The van der Waals surface area contributed by atoms with Crippen LogP contribution in [0, 0.1) is 0 Å². The summed E-state index contributed by atoms with van der Waals surface area (Å²) in [6.07, 6.45) is 0. The van der Waals surface area contributed by atoms with Gasteiger partial charge in [-0.2, -0.15) is 0 Å². The monoisotopic (exact) mass is 565 g/mol. The van der Waals surface area contributed by atoms with E-state index in [0.717, 1.165) is 0 Å². The molecule has 0 atom stereocenters. The van der Waals surface area contributed by atoms with Crippen LogP contribution in [0.2, 0.25) is 0 Å². The summed E-state index contributed by atoms with van der Waals surface area (Å²) in [7, 11) is 0. The van der Waals surface area contributed by atoms with Crippen molar-refractivity contribution in [1.29, 1.82) is 0 Å². The number of nitrogens with zero attached hydrogens (tertiary/aromatic N) is 2. The first kappa shape index (κ1) is 19.2. The van der Waals surface area contributed by atoms with Gasteiger partial charge in [-0.15, -0.1) is 0 Å². The maximum absolute atomic E-state index is 2.49. The van der Waals surface area contributed by atoms with Crippen molar-refractivity contribution in [1.82, 2.24) is 0 Å². The van der Waals surface area contributed by atoms with Gasteiger partial charge in [0.2, 0.25) is 0 Å². The van der Waals surface area contributed by atoms with E-state index in [-0.39, 0.29) is 13.5 Å². The van der Waals surface area contributed by atoms with Crippen molar-refractivity contribution in [3.63, 3.8) is 0 Å². The minimum absolute atomic E-state index is 0.156. The zero-order chi connectivity index (χ0) is 20.3. The fourth-order valence-electron chi connectivity index (χ4n) is 4.27. The quantitative estimate of drug-likeness (QED) is 0.350. The van der Waals surface area contributed by atoms with Gasteiger partial charge in [0, 0.05) is 0 Å². The summed E-state index contributed by atoms with van der Waals surface area (Å²) in [4.78, 5) is 4.95. The number of rotatable bonds is 4. The van der Waals surface area contributed by atoms with E-state index in [1.165, 1.54) is 26.4 Å². The van der Waals surface area contributed by atoms with Gasteiger partial charge in [0.05, 0.1) is 0 Å². The van der Waals surface area contributed by atoms with Gasteiger partial charge < -0.3 is 0 Å². The van der Waals surface area contributed by atoms with E-state index in [9.17, 15) is 0 Å². The molecule has 2 nitrogen and oxygen atoms in total. The summed E-state index contributed by atoms with van der Waals surface area (Å²) < 4.78 is 1.20. The second kappa shape index (κ2) is 8.50. The molecule has 4 aromatic carbocycles. The van der Waals surface area contributed by atoms with E-state index < -0.39 is 0 Å². The number of hydrogen-bond donors (Lipinski definition) is 0. The third-order valence-corrected chi connectivity index (χ3v) is 6.67. The fraction of sp³-hybridized carbons (Fsp3) is 0. The number of anilines is 2. The van der Waals surface area contributed by atoms with Crippen LogP contribution in [0.15, 0.2) is 121 Å². The molecule has 1 saturated heterocycles. The van der Waals surface area contributed by atoms with Gasteiger partial charge in [-0.05, 0) is 0 Å². The van der Waals surface area contributed by atoms with Crippen LogP contribution < -0.4 is 20.5 Å². The van der Waals surface area contributed by atoms with Crippen molar-refractivity contribution < 1.29 is 19.4 Å². The summed E-state index contributed by atoms with van der Waals surface area (Å²) in [6.45, 7) is 0.312. The van der Waals surface area contributed by atoms with Gasteiger partial charge in [-0.1, -0.05) is 0 Å². The Bertz CT molecular complexity index is 1030. The van der Waals surface area contributed by atoms with Gasteiger partial charge in [0.25, 0.3) is 0 Å². The molecule has 0 amide bonds. The molecular formula is C25H20B2N2Pt. The molecule has 0 bridgehead atoms. The predicted octanol–water partition coefficient (Wildman–Crippen LogP) is 3.52. The van der Waals surface area contributed by atoms with E-state index in [2.05, 4.69) is 150 Å². The Morgan fingerprint density at radius 2 is 0.733 bits per heavy atom. The Morgan fingerprint density at radius 1 is 0.433 bits per heavy atom. The van der Waals surface area contributed by atoms with Crippen LogP contribution in [0.1, 0.15) is 0 Å². The van der Waals surface area contributed by atoms with Crippen LogP contribution in [0.25, 0.3) is 0 Å². The Morgan fingerprint density at radius 3 is 1.07 bits per heavy atom. The van der Waals surface area contributed by atoms with E-state index in [0.29, 0.717) is 0 Å². The molecule has 5 heteroatoms. The fourth-order valence-corrected chi connectivity index (χ4v) is 5.49. The van der Waals surface area contributed by atoms with Crippen LogP contribution >= 0.6 is 0 Å². The molecule has 0 spiro atoms. The molecule has 0 saturated carbocycles. The van der Waals surface area contributed by atoms with Crippen LogP contribution in [0.3, 0.4) is 0 Å². The van der Waals surface area contributed by atoms with Gasteiger partial charge in [0.15, 0.2) is 0 Å². The second-order valence-electron chi connectivity index (χ2n) is 7.36. The zero-order valence-electron chi connectivity index (χ0n) is 16.4. The number of benzene rings is 4. The minimum atomic E-state index is 0.156. The first-order valence-corrected chi connectivity index (χ1v) is 11.3. The van der Waals surface area contributed by atoms with E-state index in [4.69, 9.17) is 0 Å². The van der Waals surface area contributed by atoms with Crippen molar-refractivity contribution >= 4 is 39.9 Å². The molecular weight excluding hydrogens is 545 g/mol. The first-order valence-electron chi connectivity index (χ1n) is 10.1. The van der Waals surface area contributed by atoms with Crippen molar-refractivity contribution in [3.05, 3.63) is 121 Å². The molecule has 30 heavy (non-hydrogen) atoms. The van der Waals surface area contributed by atoms with Crippen molar-refractivity contribution in [2.75, 3.05) is 9.62 Å². The topological polar surface area (TPSA) is 6.48 Å². The first-order chi connectivity index (χ1) is 14.8. The van der Waals surface area contributed by atoms with Crippen molar-refractivity contribution in [2.24, 2.45) is 0 Å². The summed E-state index contributed by atoms with van der Waals surface area (Å²) in [6, 6.07) is 43.1. The van der Waals surface area contributed by atoms with E-state index in [1.807, 2.05) is 0 Å². The molecule has 0 unspecified atom stereocenters. The average molecular weight is 565 g/mol. The third kappa shape index (κ3) is 3.46. The third-order valence-electron chi connectivity index (χ3n) is 5.57. The maximum atomic E-state index is 2.49. The van der Waals surface area contributed by atoms with Crippen LogP contribution in [-0.2, 0) is 19.4 Å². The Hall–Kier alpha value is -2.83. The predicted molar refractivity (Wildman–Crippen MR) is 127 cm³/mol. The molecule has 1 fully saturated rings. The summed E-state index contributed by atoms with van der Waals surface area (Å²) in [5.74, 6) is 0. The van der Waals surface area contributed by atoms with Crippen LogP contribution in [0.5, 0.6) is 0 Å². The molecule has 4 aromatic rings. The standard InChI is InChI=1S/C25H20B2N2.Pt/c1-5-13-22(14-6-1)26-27(23-15-7-2-8-16-23)29(25-19-11-4-12-20-25)21-28(26)24-17-9-3-10-18-24;/h1-20H;. The molecule has 1 aliphatic rings.